The molecule has 1 aromatic rings. The van der Waals surface area contributed by atoms with Crippen LogP contribution in [0.2, 0.25) is 0 Å². The molecule has 0 aromatic heterocycles. The molecule has 0 saturated carbocycles. The van der Waals surface area contributed by atoms with Gasteiger partial charge in [0.2, 0.25) is 0 Å². The standard InChI is InChI=1S/C12H16F2N2O2/c1-2-18-10-6-4-3-5-9(10)11(17)16-8-12(13,14)7-15/h3-6H,2,7-8,15H2,1H3,(H,16,17). The molecule has 0 heterocycles. The van der Waals surface area contributed by atoms with Crippen LogP contribution < -0.4 is 15.8 Å². The zero-order valence-corrected chi connectivity index (χ0v) is 10.1. The van der Waals surface area contributed by atoms with Gasteiger partial charge in [-0.15, -0.1) is 0 Å². The number of nitrogens with two attached hydrogens (primary N) is 1. The first-order chi connectivity index (χ1) is 8.50. The Morgan fingerprint density at radius 3 is 2.72 bits per heavy atom. The van der Waals surface area contributed by atoms with Crippen LogP contribution in [0.4, 0.5) is 8.78 Å². The summed E-state index contributed by atoms with van der Waals surface area (Å²) in [5.74, 6) is -3.34. The molecule has 6 heteroatoms. The largest absolute Gasteiger partial charge is 0.493 e. The Morgan fingerprint density at radius 1 is 1.44 bits per heavy atom. The average molecular weight is 258 g/mol. The van der Waals surface area contributed by atoms with Crippen LogP contribution in [0, 0.1) is 0 Å². The van der Waals surface area contributed by atoms with Gasteiger partial charge in [0.25, 0.3) is 11.8 Å². The molecule has 0 aliphatic carbocycles. The molecule has 0 saturated heterocycles. The van der Waals surface area contributed by atoms with E-state index < -0.39 is 24.9 Å². The first-order valence-electron chi connectivity index (χ1n) is 5.58. The van der Waals surface area contributed by atoms with Gasteiger partial charge in [-0.2, -0.15) is 0 Å². The maximum absolute atomic E-state index is 12.9. The predicted molar refractivity (Wildman–Crippen MR) is 63.9 cm³/mol. The molecule has 0 bridgehead atoms. The predicted octanol–water partition coefficient (Wildman–Crippen LogP) is 1.41. The van der Waals surface area contributed by atoms with Crippen LogP contribution in [0.25, 0.3) is 0 Å². The molecule has 100 valence electrons. The zero-order valence-electron chi connectivity index (χ0n) is 10.1. The Bertz CT molecular complexity index is 411. The summed E-state index contributed by atoms with van der Waals surface area (Å²) in [4.78, 5) is 11.7. The highest BCUT2D eigenvalue weighted by molar-refractivity contribution is 5.96. The molecule has 1 amide bonds. The minimum atomic E-state index is -3.10. The van der Waals surface area contributed by atoms with E-state index in [0.717, 1.165) is 0 Å². The number of ether oxygens (including phenoxy) is 1. The number of hydrogen-bond acceptors (Lipinski definition) is 3. The third-order valence-corrected chi connectivity index (χ3v) is 2.24. The van der Waals surface area contributed by atoms with Crippen LogP contribution >= 0.6 is 0 Å². The lowest BCUT2D eigenvalue weighted by Crippen LogP contribution is -2.41. The van der Waals surface area contributed by atoms with Gasteiger partial charge in [0.1, 0.15) is 5.75 Å². The van der Waals surface area contributed by atoms with Crippen LogP contribution in [0.1, 0.15) is 17.3 Å². The third kappa shape index (κ3) is 3.96. The fourth-order valence-corrected chi connectivity index (χ4v) is 1.31. The van der Waals surface area contributed by atoms with Crippen molar-refractivity contribution in [2.24, 2.45) is 5.73 Å². The van der Waals surface area contributed by atoms with Crippen molar-refractivity contribution in [1.82, 2.24) is 5.32 Å². The van der Waals surface area contributed by atoms with Crippen molar-refractivity contribution >= 4 is 5.91 Å². The van der Waals surface area contributed by atoms with Crippen molar-refractivity contribution < 1.29 is 18.3 Å². The molecule has 0 unspecified atom stereocenters. The summed E-state index contributed by atoms with van der Waals surface area (Å²) in [5, 5.41) is 2.14. The molecule has 0 spiro atoms. The summed E-state index contributed by atoms with van der Waals surface area (Å²) < 4.78 is 31.1. The second kappa shape index (κ2) is 6.30. The van der Waals surface area contributed by atoms with Crippen LogP contribution in [0.5, 0.6) is 5.75 Å². The van der Waals surface area contributed by atoms with E-state index >= 15 is 0 Å². The van der Waals surface area contributed by atoms with Crippen LogP contribution in [-0.2, 0) is 0 Å². The number of benzene rings is 1. The van der Waals surface area contributed by atoms with Gasteiger partial charge in [0, 0.05) is 0 Å². The topological polar surface area (TPSA) is 64.3 Å². The van der Waals surface area contributed by atoms with Crippen LogP contribution in [0.3, 0.4) is 0 Å². The minimum Gasteiger partial charge on any atom is -0.493 e. The number of amides is 1. The van der Waals surface area contributed by atoms with Gasteiger partial charge in [0.15, 0.2) is 0 Å². The summed E-state index contributed by atoms with van der Waals surface area (Å²) in [6, 6.07) is 6.47. The van der Waals surface area contributed by atoms with Gasteiger partial charge in [-0.3, -0.25) is 4.79 Å². The zero-order chi connectivity index (χ0) is 13.6. The number of halogens is 2. The van der Waals surface area contributed by atoms with Crippen LogP contribution in [-0.4, -0.2) is 31.5 Å². The summed E-state index contributed by atoms with van der Waals surface area (Å²) in [5.41, 5.74) is 5.11. The fourth-order valence-electron chi connectivity index (χ4n) is 1.31. The van der Waals surface area contributed by atoms with Gasteiger partial charge in [0.05, 0.1) is 25.3 Å². The van der Waals surface area contributed by atoms with E-state index in [-0.39, 0.29) is 5.56 Å². The number of nitrogens with one attached hydrogen (secondary N) is 1. The van der Waals surface area contributed by atoms with E-state index in [1.54, 1.807) is 25.1 Å². The molecule has 18 heavy (non-hydrogen) atoms. The van der Waals surface area contributed by atoms with Gasteiger partial charge in [-0.25, -0.2) is 8.78 Å². The monoisotopic (exact) mass is 258 g/mol. The van der Waals surface area contributed by atoms with E-state index in [0.29, 0.717) is 12.4 Å². The second-order valence-electron chi connectivity index (χ2n) is 3.67. The Balaban J connectivity index is 2.72. The lowest BCUT2D eigenvalue weighted by Gasteiger charge is -2.15. The molecular formula is C12H16F2N2O2. The SMILES string of the molecule is CCOc1ccccc1C(=O)NCC(F)(F)CN. The maximum atomic E-state index is 12.9. The van der Waals surface area contributed by atoms with Crippen molar-refractivity contribution in [3.63, 3.8) is 0 Å². The highest BCUT2D eigenvalue weighted by atomic mass is 19.3. The van der Waals surface area contributed by atoms with Gasteiger partial charge in [-0.05, 0) is 19.1 Å². The number of alkyl halides is 2. The Morgan fingerprint density at radius 2 is 2.11 bits per heavy atom. The number of para-hydroxylation sites is 1. The van der Waals surface area contributed by atoms with Gasteiger partial charge < -0.3 is 15.8 Å². The van der Waals surface area contributed by atoms with E-state index in [4.69, 9.17) is 10.5 Å². The third-order valence-electron chi connectivity index (χ3n) is 2.24. The van der Waals surface area contributed by atoms with E-state index in [1.165, 1.54) is 6.07 Å². The van der Waals surface area contributed by atoms with Gasteiger partial charge >= 0.3 is 0 Å². The van der Waals surface area contributed by atoms with E-state index in [9.17, 15) is 13.6 Å². The molecule has 4 nitrogen and oxygen atoms in total. The average Bonchev–Trinajstić information content (AvgIpc) is 2.37. The van der Waals surface area contributed by atoms with E-state index in [2.05, 4.69) is 5.32 Å². The van der Waals surface area contributed by atoms with Crippen molar-refractivity contribution in [1.29, 1.82) is 0 Å². The molecular weight excluding hydrogens is 242 g/mol. The normalized spacial score (nSPS) is 11.1. The minimum absolute atomic E-state index is 0.229. The summed E-state index contributed by atoms with van der Waals surface area (Å²) in [6.45, 7) is 0.573. The Labute approximate surface area is 104 Å². The Hall–Kier alpha value is -1.69. The smallest absolute Gasteiger partial charge is 0.277 e. The molecule has 0 fully saturated rings. The maximum Gasteiger partial charge on any atom is 0.277 e. The van der Waals surface area contributed by atoms with E-state index in [1.807, 2.05) is 0 Å². The quantitative estimate of drug-likeness (QED) is 0.810. The van der Waals surface area contributed by atoms with Crippen molar-refractivity contribution in [2.75, 3.05) is 19.7 Å². The second-order valence-corrected chi connectivity index (χ2v) is 3.67. The van der Waals surface area contributed by atoms with Gasteiger partial charge in [-0.1, -0.05) is 12.1 Å². The lowest BCUT2D eigenvalue weighted by atomic mass is 10.2. The van der Waals surface area contributed by atoms with Crippen LogP contribution in [0.15, 0.2) is 24.3 Å². The highest BCUT2D eigenvalue weighted by Crippen LogP contribution is 2.18. The van der Waals surface area contributed by atoms with Crippen molar-refractivity contribution in [3.05, 3.63) is 29.8 Å². The molecule has 0 aliphatic rings. The molecule has 0 aliphatic heterocycles. The molecule has 1 aromatic carbocycles. The molecule has 0 atom stereocenters. The highest BCUT2D eigenvalue weighted by Gasteiger charge is 2.27. The number of rotatable bonds is 6. The Kier molecular flexibility index (Phi) is 5.03. The lowest BCUT2D eigenvalue weighted by molar-refractivity contribution is 0.0118. The van der Waals surface area contributed by atoms with Crippen molar-refractivity contribution in [3.8, 4) is 5.75 Å². The number of hydrogen-bond donors (Lipinski definition) is 2. The molecule has 3 N–H and O–H groups in total. The molecule has 0 radical (unpaired) electrons. The van der Waals surface area contributed by atoms with Crippen molar-refractivity contribution in [2.45, 2.75) is 12.8 Å². The summed E-state index contributed by atoms with van der Waals surface area (Å²) >= 11 is 0. The molecule has 1 rings (SSSR count). The number of carbonyl (C=O) groups is 1. The fraction of sp³-hybridized carbons (Fsp3) is 0.417. The first-order valence-corrected chi connectivity index (χ1v) is 5.58. The number of carbonyl (C=O) groups excluding carboxylic acids is 1. The first kappa shape index (κ1) is 14.4. The summed E-state index contributed by atoms with van der Waals surface area (Å²) in [6.07, 6.45) is 0. The summed E-state index contributed by atoms with van der Waals surface area (Å²) in [7, 11) is 0.